The molecule has 1 rings (SSSR count). The average Bonchev–Trinajstić information content (AvgIpc) is 2.33. The third-order valence-electron chi connectivity index (χ3n) is 2.68. The number of nitrogens with one attached hydrogen (secondary N) is 1. The number of hydrogen-bond donors (Lipinski definition) is 3. The van der Waals surface area contributed by atoms with E-state index in [1.54, 1.807) is 18.2 Å². The van der Waals surface area contributed by atoms with E-state index in [1.807, 2.05) is 6.92 Å². The summed E-state index contributed by atoms with van der Waals surface area (Å²) in [5.41, 5.74) is 6.87. The number of methoxy groups -OCH3 is 1. The molecule has 4 N–H and O–H groups in total. The van der Waals surface area contributed by atoms with Gasteiger partial charge in [-0.15, -0.1) is 0 Å². The monoisotopic (exact) mass is 266 g/mol. The first-order chi connectivity index (χ1) is 8.95. The van der Waals surface area contributed by atoms with E-state index < -0.39 is 17.9 Å². The molecule has 0 radical (unpaired) electrons. The van der Waals surface area contributed by atoms with Crippen LogP contribution < -0.4 is 11.1 Å². The summed E-state index contributed by atoms with van der Waals surface area (Å²) in [5.74, 6) is -1.60. The molecule has 6 nitrogen and oxygen atoms in total. The molecule has 0 bridgehead atoms. The normalized spacial score (nSPS) is 11.9. The van der Waals surface area contributed by atoms with Gasteiger partial charge in [0.05, 0.1) is 5.56 Å². The number of carbonyl (C=O) groups excluding carboxylic acids is 1. The molecule has 0 aromatic heterocycles. The Morgan fingerprint density at radius 3 is 2.68 bits per heavy atom. The molecule has 1 unspecified atom stereocenters. The van der Waals surface area contributed by atoms with Crippen molar-refractivity contribution in [2.24, 2.45) is 5.73 Å². The van der Waals surface area contributed by atoms with Crippen molar-refractivity contribution in [3.63, 3.8) is 0 Å². The molecule has 19 heavy (non-hydrogen) atoms. The molecule has 1 amide bonds. The minimum atomic E-state index is -1.01. The van der Waals surface area contributed by atoms with E-state index in [0.717, 1.165) is 5.56 Å². The summed E-state index contributed by atoms with van der Waals surface area (Å²) in [6.07, 6.45) is 0.290. The topological polar surface area (TPSA) is 102 Å². The van der Waals surface area contributed by atoms with Gasteiger partial charge >= 0.3 is 5.97 Å². The average molecular weight is 266 g/mol. The zero-order valence-corrected chi connectivity index (χ0v) is 11.0. The molecular weight excluding hydrogens is 248 g/mol. The Bertz CT molecular complexity index is 474. The Labute approximate surface area is 111 Å². The maximum Gasteiger partial charge on any atom is 0.326 e. The van der Waals surface area contributed by atoms with Crippen molar-refractivity contribution in [1.82, 2.24) is 0 Å². The van der Waals surface area contributed by atoms with Crippen LogP contribution >= 0.6 is 0 Å². The maximum absolute atomic E-state index is 11.3. The zero-order chi connectivity index (χ0) is 14.4. The van der Waals surface area contributed by atoms with Crippen molar-refractivity contribution >= 4 is 17.6 Å². The van der Waals surface area contributed by atoms with Crippen LogP contribution in [0.5, 0.6) is 0 Å². The number of primary amides is 1. The summed E-state index contributed by atoms with van der Waals surface area (Å²) in [4.78, 5) is 22.5. The molecule has 1 atom stereocenters. The molecule has 104 valence electrons. The van der Waals surface area contributed by atoms with Crippen LogP contribution in [0.3, 0.4) is 0 Å². The highest BCUT2D eigenvalue weighted by Crippen LogP contribution is 2.19. The summed E-state index contributed by atoms with van der Waals surface area (Å²) in [6, 6.07) is 4.19. The molecule has 0 fully saturated rings. The summed E-state index contributed by atoms with van der Waals surface area (Å²) in [5, 5.41) is 11.9. The molecule has 1 aromatic carbocycles. The van der Waals surface area contributed by atoms with Crippen LogP contribution in [0.15, 0.2) is 18.2 Å². The van der Waals surface area contributed by atoms with Crippen LogP contribution in [0.1, 0.15) is 22.3 Å². The Morgan fingerprint density at radius 2 is 2.16 bits per heavy atom. The second-order valence-corrected chi connectivity index (χ2v) is 4.23. The van der Waals surface area contributed by atoms with E-state index in [4.69, 9.17) is 15.6 Å². The summed E-state index contributed by atoms with van der Waals surface area (Å²) in [6.45, 7) is 2.16. The van der Waals surface area contributed by atoms with Crippen LogP contribution in [-0.4, -0.2) is 36.7 Å². The van der Waals surface area contributed by atoms with Crippen LogP contribution in [0, 0.1) is 6.92 Å². The fourth-order valence-electron chi connectivity index (χ4n) is 1.67. The lowest BCUT2D eigenvalue weighted by atomic mass is 10.1. The van der Waals surface area contributed by atoms with E-state index in [9.17, 15) is 9.59 Å². The Balaban J connectivity index is 2.97. The SMILES string of the molecule is COCCC(Nc1cc(C)ccc1C(N)=O)C(=O)O. The number of carboxylic acids is 1. The minimum absolute atomic E-state index is 0.272. The van der Waals surface area contributed by atoms with Gasteiger partial charge in [0.1, 0.15) is 6.04 Å². The second-order valence-electron chi connectivity index (χ2n) is 4.23. The van der Waals surface area contributed by atoms with Crippen molar-refractivity contribution in [2.75, 3.05) is 19.0 Å². The molecule has 0 aliphatic rings. The number of aliphatic carboxylic acids is 1. The highest BCUT2D eigenvalue weighted by atomic mass is 16.5. The lowest BCUT2D eigenvalue weighted by Gasteiger charge is -2.17. The van der Waals surface area contributed by atoms with E-state index in [2.05, 4.69) is 5.32 Å². The Hall–Kier alpha value is -2.08. The number of anilines is 1. The number of aryl methyl sites for hydroxylation is 1. The third-order valence-corrected chi connectivity index (χ3v) is 2.68. The smallest absolute Gasteiger partial charge is 0.326 e. The van der Waals surface area contributed by atoms with Gasteiger partial charge in [0.15, 0.2) is 0 Å². The van der Waals surface area contributed by atoms with Gasteiger partial charge in [-0.1, -0.05) is 6.07 Å². The van der Waals surface area contributed by atoms with Crippen LogP contribution in [0.4, 0.5) is 5.69 Å². The molecule has 6 heteroatoms. The number of rotatable bonds is 7. The van der Waals surface area contributed by atoms with Gasteiger partial charge in [-0.2, -0.15) is 0 Å². The minimum Gasteiger partial charge on any atom is -0.480 e. The molecule has 0 spiro atoms. The van der Waals surface area contributed by atoms with Gasteiger partial charge in [-0.3, -0.25) is 4.79 Å². The highest BCUT2D eigenvalue weighted by Gasteiger charge is 2.19. The molecule has 1 aromatic rings. The van der Waals surface area contributed by atoms with Gasteiger partial charge in [-0.05, 0) is 24.6 Å². The highest BCUT2D eigenvalue weighted by molar-refractivity contribution is 5.99. The van der Waals surface area contributed by atoms with Crippen LogP contribution in [0.25, 0.3) is 0 Å². The largest absolute Gasteiger partial charge is 0.480 e. The Morgan fingerprint density at radius 1 is 1.47 bits per heavy atom. The molecule has 0 saturated heterocycles. The van der Waals surface area contributed by atoms with Crippen LogP contribution in [-0.2, 0) is 9.53 Å². The fourth-order valence-corrected chi connectivity index (χ4v) is 1.67. The second kappa shape index (κ2) is 6.75. The molecule has 0 aliphatic carbocycles. The molecule has 0 saturated carbocycles. The standard InChI is InChI=1S/C13H18N2O4/c1-8-3-4-9(12(14)16)11(7-8)15-10(13(17)18)5-6-19-2/h3-4,7,10,15H,5-6H2,1-2H3,(H2,14,16)(H,17,18). The van der Waals surface area contributed by atoms with Gasteiger partial charge in [-0.25, -0.2) is 4.79 Å². The first-order valence-electron chi connectivity index (χ1n) is 5.84. The van der Waals surface area contributed by atoms with Gasteiger partial charge < -0.3 is 20.9 Å². The number of ether oxygens (including phenoxy) is 1. The first kappa shape index (κ1) is 15.0. The fraction of sp³-hybridized carbons (Fsp3) is 0.385. The predicted molar refractivity (Wildman–Crippen MR) is 71.2 cm³/mol. The van der Waals surface area contributed by atoms with E-state index >= 15 is 0 Å². The van der Waals surface area contributed by atoms with Crippen molar-refractivity contribution in [1.29, 1.82) is 0 Å². The zero-order valence-electron chi connectivity index (χ0n) is 11.0. The Kier molecular flexibility index (Phi) is 5.32. The maximum atomic E-state index is 11.3. The van der Waals surface area contributed by atoms with E-state index in [-0.39, 0.29) is 12.0 Å². The number of carbonyl (C=O) groups is 2. The number of nitrogens with two attached hydrogens (primary N) is 1. The van der Waals surface area contributed by atoms with Crippen LogP contribution in [0.2, 0.25) is 0 Å². The molecule has 0 heterocycles. The first-order valence-corrected chi connectivity index (χ1v) is 5.84. The number of amides is 1. The molecular formula is C13H18N2O4. The lowest BCUT2D eigenvalue weighted by Crippen LogP contribution is -2.31. The number of hydrogen-bond acceptors (Lipinski definition) is 4. The van der Waals surface area contributed by atoms with Gasteiger partial charge in [0.2, 0.25) is 0 Å². The molecule has 0 aliphatic heterocycles. The van der Waals surface area contributed by atoms with Crippen molar-refractivity contribution < 1.29 is 19.4 Å². The predicted octanol–water partition coefficient (Wildman–Crippen LogP) is 0.996. The quantitative estimate of drug-likeness (QED) is 0.683. The number of benzene rings is 1. The van der Waals surface area contributed by atoms with Gasteiger partial charge in [0.25, 0.3) is 5.91 Å². The lowest BCUT2D eigenvalue weighted by molar-refractivity contribution is -0.138. The third kappa shape index (κ3) is 4.26. The summed E-state index contributed by atoms with van der Waals surface area (Å²) >= 11 is 0. The van der Waals surface area contributed by atoms with Crippen molar-refractivity contribution in [2.45, 2.75) is 19.4 Å². The number of carboxylic acid groups (broad SMARTS) is 1. The summed E-state index contributed by atoms with van der Waals surface area (Å²) in [7, 11) is 1.50. The summed E-state index contributed by atoms with van der Waals surface area (Å²) < 4.78 is 4.87. The van der Waals surface area contributed by atoms with E-state index in [0.29, 0.717) is 12.3 Å². The van der Waals surface area contributed by atoms with Gasteiger partial charge in [0, 0.05) is 25.8 Å². The van der Waals surface area contributed by atoms with Crippen molar-refractivity contribution in [3.05, 3.63) is 29.3 Å². The van der Waals surface area contributed by atoms with E-state index in [1.165, 1.54) is 7.11 Å². The van der Waals surface area contributed by atoms with Crippen molar-refractivity contribution in [3.8, 4) is 0 Å².